The quantitative estimate of drug-likeness (QED) is 0.762. The van der Waals surface area contributed by atoms with E-state index in [1.165, 1.54) is 0 Å². The number of aromatic amines is 1. The van der Waals surface area contributed by atoms with Crippen LogP contribution in [0.5, 0.6) is 0 Å². The minimum Gasteiger partial charge on any atom is -0.477 e. The fourth-order valence-electron chi connectivity index (χ4n) is 1.63. The molecule has 0 spiro atoms. The zero-order valence-electron chi connectivity index (χ0n) is 7.87. The normalized spacial score (nSPS) is 10.6. The number of carboxylic acid groups (broad SMARTS) is 1. The Kier molecular flexibility index (Phi) is 2.00. The first kappa shape index (κ1) is 8.81. The predicted octanol–water partition coefficient (Wildman–Crippen LogP) is 2.43. The van der Waals surface area contributed by atoms with Gasteiger partial charge in [0, 0.05) is 10.9 Å². The van der Waals surface area contributed by atoms with Gasteiger partial charge < -0.3 is 10.1 Å². The molecule has 0 unspecified atom stereocenters. The molecule has 0 aliphatic heterocycles. The number of carboxylic acids is 1. The van der Waals surface area contributed by atoms with Crippen molar-refractivity contribution in [3.63, 3.8) is 0 Å². The van der Waals surface area contributed by atoms with Crippen LogP contribution in [0.4, 0.5) is 0 Å². The van der Waals surface area contributed by atoms with Crippen molar-refractivity contribution < 1.29 is 9.90 Å². The topological polar surface area (TPSA) is 53.1 Å². The van der Waals surface area contributed by atoms with E-state index in [0.717, 1.165) is 22.9 Å². The third-order valence-electron chi connectivity index (χ3n) is 2.35. The number of carbonyl (C=O) groups is 1. The molecule has 0 atom stereocenters. The largest absolute Gasteiger partial charge is 0.477 e. The molecule has 1 aromatic carbocycles. The summed E-state index contributed by atoms with van der Waals surface area (Å²) in [5, 5.41) is 9.78. The lowest BCUT2D eigenvalue weighted by molar-refractivity contribution is 0.0691. The maximum absolute atomic E-state index is 10.7. The molecule has 2 N–H and O–H groups in total. The highest BCUT2D eigenvalue weighted by Gasteiger charge is 2.08. The Balaban J connectivity index is 2.70. The van der Waals surface area contributed by atoms with Gasteiger partial charge in [-0.15, -0.1) is 0 Å². The number of nitrogens with one attached hydrogen (secondary N) is 1. The Morgan fingerprint density at radius 2 is 2.29 bits per heavy atom. The molecule has 0 radical (unpaired) electrons. The first-order valence-electron chi connectivity index (χ1n) is 4.56. The van der Waals surface area contributed by atoms with Crippen molar-refractivity contribution in [3.05, 3.63) is 35.5 Å². The summed E-state index contributed by atoms with van der Waals surface area (Å²) in [7, 11) is 0. The molecule has 72 valence electrons. The highest BCUT2D eigenvalue weighted by molar-refractivity contribution is 5.94. The zero-order valence-corrected chi connectivity index (χ0v) is 7.87. The van der Waals surface area contributed by atoms with E-state index in [9.17, 15) is 4.79 Å². The second kappa shape index (κ2) is 3.18. The number of rotatable bonds is 2. The Hall–Kier alpha value is -1.77. The van der Waals surface area contributed by atoms with Crippen LogP contribution in [-0.2, 0) is 6.42 Å². The molecule has 3 heteroatoms. The number of hydrogen-bond acceptors (Lipinski definition) is 1. The fourth-order valence-corrected chi connectivity index (χ4v) is 1.63. The number of aryl methyl sites for hydroxylation is 1. The van der Waals surface area contributed by atoms with Crippen molar-refractivity contribution in [3.8, 4) is 0 Å². The summed E-state index contributed by atoms with van der Waals surface area (Å²) in [5.41, 5.74) is 2.34. The first-order chi connectivity index (χ1) is 6.72. The molecule has 1 aromatic heterocycles. The van der Waals surface area contributed by atoms with E-state index in [1.807, 2.05) is 18.2 Å². The smallest absolute Gasteiger partial charge is 0.352 e. The van der Waals surface area contributed by atoms with Gasteiger partial charge in [-0.25, -0.2) is 4.79 Å². The van der Waals surface area contributed by atoms with Gasteiger partial charge in [0.1, 0.15) is 5.69 Å². The second-order valence-corrected chi connectivity index (χ2v) is 3.22. The van der Waals surface area contributed by atoms with Gasteiger partial charge >= 0.3 is 5.97 Å². The monoisotopic (exact) mass is 189 g/mol. The van der Waals surface area contributed by atoms with Crippen LogP contribution in [0, 0.1) is 0 Å². The minimum atomic E-state index is -0.914. The number of benzene rings is 1. The molecule has 0 amide bonds. The molecule has 0 aliphatic rings. The van der Waals surface area contributed by atoms with Crippen LogP contribution in [0.2, 0.25) is 0 Å². The van der Waals surface area contributed by atoms with E-state index >= 15 is 0 Å². The van der Waals surface area contributed by atoms with Crippen molar-refractivity contribution in [1.82, 2.24) is 4.98 Å². The lowest BCUT2D eigenvalue weighted by atomic mass is 10.1. The summed E-state index contributed by atoms with van der Waals surface area (Å²) in [6.07, 6.45) is 0.900. The summed E-state index contributed by atoms with van der Waals surface area (Å²) in [4.78, 5) is 13.7. The SMILES string of the molecule is CCc1cccc2cc(C(=O)O)[nH]c12. The molecule has 3 nitrogen and oxygen atoms in total. The number of hydrogen-bond donors (Lipinski definition) is 2. The van der Waals surface area contributed by atoms with Crippen LogP contribution >= 0.6 is 0 Å². The second-order valence-electron chi connectivity index (χ2n) is 3.22. The maximum atomic E-state index is 10.7. The molecule has 2 rings (SSSR count). The predicted molar refractivity (Wildman–Crippen MR) is 54.6 cm³/mol. The number of para-hydroxylation sites is 1. The average molecular weight is 189 g/mol. The van der Waals surface area contributed by atoms with E-state index in [-0.39, 0.29) is 5.69 Å². The highest BCUT2D eigenvalue weighted by atomic mass is 16.4. The van der Waals surface area contributed by atoms with E-state index in [0.29, 0.717) is 0 Å². The lowest BCUT2D eigenvalue weighted by Gasteiger charge is -1.97. The third-order valence-corrected chi connectivity index (χ3v) is 2.35. The molecule has 0 aliphatic carbocycles. The number of fused-ring (bicyclic) bond motifs is 1. The Bertz CT molecular complexity index is 485. The van der Waals surface area contributed by atoms with Gasteiger partial charge in [-0.1, -0.05) is 25.1 Å². The van der Waals surface area contributed by atoms with E-state index in [4.69, 9.17) is 5.11 Å². The lowest BCUT2D eigenvalue weighted by Crippen LogP contribution is -1.95. The summed E-state index contributed by atoms with van der Waals surface area (Å²) in [6, 6.07) is 7.53. The Morgan fingerprint density at radius 1 is 1.50 bits per heavy atom. The molecular weight excluding hydrogens is 178 g/mol. The number of aromatic nitrogens is 1. The van der Waals surface area contributed by atoms with Gasteiger partial charge in [-0.3, -0.25) is 0 Å². The summed E-state index contributed by atoms with van der Waals surface area (Å²) in [5.74, 6) is -0.914. The van der Waals surface area contributed by atoms with Crippen molar-refractivity contribution in [2.45, 2.75) is 13.3 Å². The molecule has 1 heterocycles. The van der Waals surface area contributed by atoms with Crippen LogP contribution in [-0.4, -0.2) is 16.1 Å². The van der Waals surface area contributed by atoms with E-state index in [2.05, 4.69) is 11.9 Å². The van der Waals surface area contributed by atoms with Crippen LogP contribution in [0.3, 0.4) is 0 Å². The van der Waals surface area contributed by atoms with Crippen molar-refractivity contribution >= 4 is 16.9 Å². The molecule has 0 fully saturated rings. The van der Waals surface area contributed by atoms with Gasteiger partial charge in [0.25, 0.3) is 0 Å². The van der Waals surface area contributed by atoms with Gasteiger partial charge in [0.05, 0.1) is 0 Å². The standard InChI is InChI=1S/C11H11NO2/c1-2-7-4-3-5-8-6-9(11(13)14)12-10(7)8/h3-6,12H,2H2,1H3,(H,13,14). The van der Waals surface area contributed by atoms with E-state index in [1.54, 1.807) is 6.07 Å². The summed E-state index contributed by atoms with van der Waals surface area (Å²) >= 11 is 0. The van der Waals surface area contributed by atoms with Crippen LogP contribution < -0.4 is 0 Å². The molecule has 0 saturated carbocycles. The van der Waals surface area contributed by atoms with Crippen LogP contribution in [0.1, 0.15) is 23.0 Å². The molecule has 0 bridgehead atoms. The van der Waals surface area contributed by atoms with Crippen molar-refractivity contribution in [2.24, 2.45) is 0 Å². The van der Waals surface area contributed by atoms with Gasteiger partial charge in [0.15, 0.2) is 0 Å². The maximum Gasteiger partial charge on any atom is 0.352 e. The first-order valence-corrected chi connectivity index (χ1v) is 4.56. The molecular formula is C11H11NO2. The molecule has 0 saturated heterocycles. The summed E-state index contributed by atoms with van der Waals surface area (Å²) in [6.45, 7) is 2.05. The fraction of sp³-hybridized carbons (Fsp3) is 0.182. The van der Waals surface area contributed by atoms with Gasteiger partial charge in [0.2, 0.25) is 0 Å². The van der Waals surface area contributed by atoms with Crippen LogP contribution in [0.25, 0.3) is 10.9 Å². The Labute approximate surface area is 81.4 Å². The molecule has 2 aromatic rings. The average Bonchev–Trinajstić information content (AvgIpc) is 2.60. The van der Waals surface area contributed by atoms with Crippen LogP contribution in [0.15, 0.2) is 24.3 Å². The van der Waals surface area contributed by atoms with Crippen molar-refractivity contribution in [2.75, 3.05) is 0 Å². The van der Waals surface area contributed by atoms with Crippen molar-refractivity contribution in [1.29, 1.82) is 0 Å². The Morgan fingerprint density at radius 3 is 2.93 bits per heavy atom. The highest BCUT2D eigenvalue weighted by Crippen LogP contribution is 2.19. The van der Waals surface area contributed by atoms with E-state index < -0.39 is 5.97 Å². The van der Waals surface area contributed by atoms with Gasteiger partial charge in [-0.2, -0.15) is 0 Å². The summed E-state index contributed by atoms with van der Waals surface area (Å²) < 4.78 is 0. The van der Waals surface area contributed by atoms with Gasteiger partial charge in [-0.05, 0) is 18.1 Å². The minimum absolute atomic E-state index is 0.251. The number of H-pyrrole nitrogens is 1. The molecule has 14 heavy (non-hydrogen) atoms. The third kappa shape index (κ3) is 1.27. The zero-order chi connectivity index (χ0) is 10.1. The number of aromatic carboxylic acids is 1.